The number of ether oxygens (including phenoxy) is 1. The lowest BCUT2D eigenvalue weighted by molar-refractivity contribution is -0.139. The fourth-order valence-electron chi connectivity index (χ4n) is 4.86. The number of pyridine rings is 1. The second-order valence-corrected chi connectivity index (χ2v) is 18.0. The molecule has 1 aliphatic rings. The molecule has 1 amide bonds. The zero-order valence-electron chi connectivity index (χ0n) is 26.0. The van der Waals surface area contributed by atoms with Crippen LogP contribution in [0.15, 0.2) is 47.8 Å². The molecule has 1 atom stereocenters. The summed E-state index contributed by atoms with van der Waals surface area (Å²) in [5.74, 6) is 0.137. The average Bonchev–Trinajstić information content (AvgIpc) is 3.42. The van der Waals surface area contributed by atoms with Gasteiger partial charge in [-0.25, -0.2) is 9.67 Å². The summed E-state index contributed by atoms with van der Waals surface area (Å²) in [7, 11) is -1.42. The molecule has 4 rings (SSSR count). The summed E-state index contributed by atoms with van der Waals surface area (Å²) in [6, 6.07) is 4.09. The number of carbonyl (C=O) groups excluding carboxylic acids is 1. The van der Waals surface area contributed by atoms with Crippen LogP contribution in [0.1, 0.15) is 28.4 Å². The molecule has 46 heavy (non-hydrogen) atoms. The summed E-state index contributed by atoms with van der Waals surface area (Å²) in [6.45, 7) is 9.56. The van der Waals surface area contributed by atoms with Gasteiger partial charge in [-0.15, -0.1) is 0 Å². The van der Waals surface area contributed by atoms with Crippen molar-refractivity contribution in [1.29, 1.82) is 0 Å². The van der Waals surface area contributed by atoms with Gasteiger partial charge in [-0.05, 0) is 31.2 Å². The molecule has 0 saturated carbocycles. The average molecular weight is 674 g/mol. The molecule has 1 fully saturated rings. The minimum absolute atomic E-state index is 0.181. The van der Waals surface area contributed by atoms with Gasteiger partial charge in [0.05, 0.1) is 23.0 Å². The van der Waals surface area contributed by atoms with Crippen LogP contribution in [0.5, 0.6) is 0 Å². The molecule has 1 aliphatic heterocycles. The highest BCUT2D eigenvalue weighted by molar-refractivity contribution is 6.76. The molecular formula is C29H37F6N7O3Si. The zero-order valence-corrected chi connectivity index (χ0v) is 27.0. The molecule has 0 bridgehead atoms. The van der Waals surface area contributed by atoms with Gasteiger partial charge in [-0.3, -0.25) is 9.59 Å². The van der Waals surface area contributed by atoms with Gasteiger partial charge in [0.1, 0.15) is 18.1 Å². The Bertz CT molecular complexity index is 1540. The highest BCUT2D eigenvalue weighted by Gasteiger charge is 2.38. The first-order valence-corrected chi connectivity index (χ1v) is 18.4. The molecule has 0 aliphatic carbocycles. The topological polar surface area (TPSA) is 97.5 Å². The van der Waals surface area contributed by atoms with Crippen LogP contribution in [-0.4, -0.2) is 77.0 Å². The molecule has 3 aromatic rings. The van der Waals surface area contributed by atoms with Gasteiger partial charge >= 0.3 is 12.4 Å². The number of alkyl halides is 6. The van der Waals surface area contributed by atoms with E-state index in [-0.39, 0.29) is 19.2 Å². The molecule has 17 heteroatoms. The molecule has 10 nitrogen and oxygen atoms in total. The maximum atomic E-state index is 13.9. The molecule has 3 aromatic heterocycles. The minimum Gasteiger partial charge on any atom is -0.379 e. The summed E-state index contributed by atoms with van der Waals surface area (Å²) in [4.78, 5) is 33.2. The van der Waals surface area contributed by atoms with Crippen LogP contribution < -0.4 is 15.8 Å². The number of piperazine rings is 1. The largest absolute Gasteiger partial charge is 0.423 e. The number of halogens is 6. The lowest BCUT2D eigenvalue weighted by Crippen LogP contribution is -2.49. The van der Waals surface area contributed by atoms with Crippen LogP contribution in [0.25, 0.3) is 0 Å². The Morgan fingerprint density at radius 2 is 1.72 bits per heavy atom. The lowest BCUT2D eigenvalue weighted by atomic mass is 10.2. The van der Waals surface area contributed by atoms with Crippen molar-refractivity contribution in [2.24, 2.45) is 0 Å². The fourth-order valence-corrected chi connectivity index (χ4v) is 5.62. The quantitative estimate of drug-likeness (QED) is 0.169. The third-order valence-corrected chi connectivity index (χ3v) is 9.09. The van der Waals surface area contributed by atoms with E-state index < -0.39 is 48.8 Å². The van der Waals surface area contributed by atoms with Crippen molar-refractivity contribution >= 4 is 25.5 Å². The maximum absolute atomic E-state index is 13.9. The maximum Gasteiger partial charge on any atom is 0.423 e. The second-order valence-electron chi connectivity index (χ2n) is 12.4. The third-order valence-electron chi connectivity index (χ3n) is 7.39. The van der Waals surface area contributed by atoms with Crippen LogP contribution in [0.3, 0.4) is 0 Å². The highest BCUT2D eigenvalue weighted by Crippen LogP contribution is 2.32. The molecule has 0 spiro atoms. The Kier molecular flexibility index (Phi) is 10.5. The summed E-state index contributed by atoms with van der Waals surface area (Å²) in [6.07, 6.45) is -4.44. The van der Waals surface area contributed by atoms with Crippen LogP contribution >= 0.6 is 0 Å². The van der Waals surface area contributed by atoms with Crippen molar-refractivity contribution < 1.29 is 35.9 Å². The van der Waals surface area contributed by atoms with E-state index in [1.165, 1.54) is 6.07 Å². The zero-order chi connectivity index (χ0) is 33.9. The van der Waals surface area contributed by atoms with Crippen molar-refractivity contribution in [2.45, 2.75) is 64.3 Å². The van der Waals surface area contributed by atoms with Crippen LogP contribution in [0, 0.1) is 0 Å². The Balaban J connectivity index is 1.34. The first-order valence-electron chi connectivity index (χ1n) is 14.7. The number of carbonyl (C=O) groups is 1. The molecule has 4 heterocycles. The Labute approximate surface area is 263 Å². The molecule has 0 unspecified atom stereocenters. The summed E-state index contributed by atoms with van der Waals surface area (Å²) in [5, 5.41) is 6.62. The number of hydrogen-bond acceptors (Lipinski definition) is 7. The van der Waals surface area contributed by atoms with Crippen molar-refractivity contribution in [2.75, 3.05) is 43.0 Å². The van der Waals surface area contributed by atoms with E-state index in [2.05, 4.69) is 35.0 Å². The number of anilines is 2. The molecule has 0 radical (unpaired) electrons. The van der Waals surface area contributed by atoms with Crippen LogP contribution in [0.4, 0.5) is 37.8 Å². The van der Waals surface area contributed by atoms with E-state index in [4.69, 9.17) is 4.74 Å². The highest BCUT2D eigenvalue weighted by atomic mass is 28.3. The first-order chi connectivity index (χ1) is 21.4. The van der Waals surface area contributed by atoms with E-state index >= 15 is 0 Å². The van der Waals surface area contributed by atoms with Crippen molar-refractivity contribution in [1.82, 2.24) is 24.2 Å². The monoisotopic (exact) mass is 673 g/mol. The van der Waals surface area contributed by atoms with E-state index in [0.717, 1.165) is 24.5 Å². The Morgan fingerprint density at radius 1 is 1.02 bits per heavy atom. The predicted molar refractivity (Wildman–Crippen MR) is 162 cm³/mol. The number of amides is 1. The van der Waals surface area contributed by atoms with Gasteiger partial charge in [-0.1, -0.05) is 19.6 Å². The predicted octanol–water partition coefficient (Wildman–Crippen LogP) is 5.25. The minimum atomic E-state index is -4.93. The number of rotatable bonds is 11. The van der Waals surface area contributed by atoms with E-state index in [1.807, 2.05) is 0 Å². The third kappa shape index (κ3) is 9.11. The van der Waals surface area contributed by atoms with Crippen LogP contribution in [-0.2, 0) is 30.4 Å². The van der Waals surface area contributed by atoms with Crippen molar-refractivity contribution in [3.63, 3.8) is 0 Å². The molecule has 1 N–H and O–H groups in total. The lowest BCUT2D eigenvalue weighted by Gasteiger charge is -2.35. The molecule has 0 aromatic carbocycles. The fraction of sp³-hybridized carbons (Fsp3) is 0.517. The van der Waals surface area contributed by atoms with Gasteiger partial charge in [0, 0.05) is 72.0 Å². The normalized spacial score (nSPS) is 15.3. The number of hydrogen-bond donors (Lipinski definition) is 1. The Hall–Kier alpha value is -3.86. The number of nitrogens with zero attached hydrogens (tertiary/aromatic N) is 6. The van der Waals surface area contributed by atoms with Crippen molar-refractivity contribution in [3.05, 3.63) is 70.0 Å². The molecule has 1 saturated heterocycles. The number of aromatic nitrogens is 4. The summed E-state index contributed by atoms with van der Waals surface area (Å²) >= 11 is 0. The van der Waals surface area contributed by atoms with Gasteiger partial charge in [0.15, 0.2) is 0 Å². The smallest absolute Gasteiger partial charge is 0.379 e. The van der Waals surface area contributed by atoms with Crippen molar-refractivity contribution in [3.8, 4) is 0 Å². The van der Waals surface area contributed by atoms with Gasteiger partial charge < -0.3 is 24.4 Å². The summed E-state index contributed by atoms with van der Waals surface area (Å²) in [5.41, 5.74) is -3.58. The first kappa shape index (κ1) is 35.0. The number of nitrogens with one attached hydrogen (secondary N) is 1. The van der Waals surface area contributed by atoms with Crippen LogP contribution in [0.2, 0.25) is 25.7 Å². The van der Waals surface area contributed by atoms with E-state index in [9.17, 15) is 35.9 Å². The second kappa shape index (κ2) is 13.9. The van der Waals surface area contributed by atoms with E-state index in [1.54, 1.807) is 39.8 Å². The summed E-state index contributed by atoms with van der Waals surface area (Å²) < 4.78 is 88.1. The molecular weight excluding hydrogens is 636 g/mol. The van der Waals surface area contributed by atoms with Gasteiger partial charge in [0.25, 0.3) is 11.5 Å². The Morgan fingerprint density at radius 3 is 2.30 bits per heavy atom. The molecule has 252 valence electrons. The van der Waals surface area contributed by atoms with Gasteiger partial charge in [-0.2, -0.15) is 31.4 Å². The SMILES string of the molecule is C[C@@H](Cn1ccc(C(=O)N2CCN(c3ccc(C(F)(F)F)cn3)CC2)c1)Nc1cnn(COCC[Si](C)(C)C)c(=O)c1C(F)(F)F. The van der Waals surface area contributed by atoms with E-state index in [0.29, 0.717) is 48.8 Å². The standard InChI is InChI=1S/C29H37F6N7O3Si/c1-20(38-23-16-37-42(19-45-13-14-46(2,3)4)27(44)25(23)29(33,34)35)17-39-8-7-21(18-39)26(43)41-11-9-40(10-12-41)24-6-5-22(15-36-24)28(30,31)32/h5-8,15-16,18,20,38H,9-14,17,19H2,1-4H3/t20-/m0/s1. The van der Waals surface area contributed by atoms with Gasteiger partial charge in [0.2, 0.25) is 0 Å².